The highest BCUT2D eigenvalue weighted by atomic mass is 16.7. The van der Waals surface area contributed by atoms with Crippen LogP contribution in [0, 0.1) is 0 Å². The van der Waals surface area contributed by atoms with E-state index in [1.165, 1.54) is 5.39 Å². The standard InChI is InChI=1S/C22H19NO4/c24-21-22(26-13-14-27-22)19-7-3-4-8-20(19)23(21)11-12-25-18-10-9-16-5-1-2-6-17(16)15-18/h1-10,15H,11-14H2. The zero-order valence-corrected chi connectivity index (χ0v) is 14.8. The Labute approximate surface area is 157 Å². The monoisotopic (exact) mass is 361 g/mol. The van der Waals surface area contributed by atoms with Crippen molar-refractivity contribution < 1.29 is 19.0 Å². The van der Waals surface area contributed by atoms with E-state index in [1.54, 1.807) is 4.90 Å². The fraction of sp³-hybridized carbons (Fsp3) is 0.227. The Morgan fingerprint density at radius 1 is 0.926 bits per heavy atom. The molecule has 1 spiro atoms. The predicted molar refractivity (Wildman–Crippen MR) is 102 cm³/mol. The summed E-state index contributed by atoms with van der Waals surface area (Å²) in [5.74, 6) is -0.667. The smallest absolute Gasteiger partial charge is 0.292 e. The van der Waals surface area contributed by atoms with Crippen molar-refractivity contribution in [2.45, 2.75) is 5.79 Å². The van der Waals surface area contributed by atoms with Gasteiger partial charge in [-0.3, -0.25) is 4.79 Å². The van der Waals surface area contributed by atoms with Crippen LogP contribution in [0.15, 0.2) is 66.7 Å². The number of amides is 1. The van der Waals surface area contributed by atoms with Gasteiger partial charge in [0.1, 0.15) is 12.4 Å². The number of nitrogens with zero attached hydrogens (tertiary/aromatic N) is 1. The number of rotatable bonds is 4. The summed E-state index contributed by atoms with van der Waals surface area (Å²) in [5, 5.41) is 2.30. The Balaban J connectivity index is 1.34. The first-order valence-corrected chi connectivity index (χ1v) is 9.09. The van der Waals surface area contributed by atoms with Crippen molar-refractivity contribution in [1.82, 2.24) is 0 Å². The van der Waals surface area contributed by atoms with Crippen molar-refractivity contribution >= 4 is 22.4 Å². The quantitative estimate of drug-likeness (QED) is 0.714. The van der Waals surface area contributed by atoms with Crippen LogP contribution in [0.2, 0.25) is 0 Å². The van der Waals surface area contributed by atoms with Gasteiger partial charge in [-0.1, -0.05) is 48.5 Å². The third-order valence-electron chi connectivity index (χ3n) is 5.07. The van der Waals surface area contributed by atoms with E-state index in [1.807, 2.05) is 54.6 Å². The normalized spacial score (nSPS) is 17.6. The van der Waals surface area contributed by atoms with Gasteiger partial charge < -0.3 is 19.1 Å². The van der Waals surface area contributed by atoms with Gasteiger partial charge in [0, 0.05) is 5.56 Å². The number of carbonyl (C=O) groups is 1. The number of ether oxygens (including phenoxy) is 3. The molecule has 3 aromatic carbocycles. The second kappa shape index (κ2) is 6.37. The Bertz CT molecular complexity index is 1010. The highest BCUT2D eigenvalue weighted by Gasteiger charge is 2.55. The van der Waals surface area contributed by atoms with Gasteiger partial charge in [0.2, 0.25) is 0 Å². The van der Waals surface area contributed by atoms with Gasteiger partial charge in [-0.25, -0.2) is 0 Å². The fourth-order valence-electron chi connectivity index (χ4n) is 3.82. The van der Waals surface area contributed by atoms with Crippen molar-refractivity contribution in [3.05, 3.63) is 72.3 Å². The van der Waals surface area contributed by atoms with Crippen LogP contribution in [0.3, 0.4) is 0 Å². The van der Waals surface area contributed by atoms with Crippen LogP contribution < -0.4 is 9.64 Å². The first kappa shape index (κ1) is 16.3. The first-order chi connectivity index (χ1) is 13.3. The second-order valence-corrected chi connectivity index (χ2v) is 6.64. The molecule has 0 saturated carbocycles. The molecular weight excluding hydrogens is 342 g/mol. The fourth-order valence-corrected chi connectivity index (χ4v) is 3.82. The first-order valence-electron chi connectivity index (χ1n) is 9.09. The van der Waals surface area contributed by atoms with E-state index in [4.69, 9.17) is 14.2 Å². The maximum atomic E-state index is 13.0. The van der Waals surface area contributed by atoms with E-state index in [9.17, 15) is 4.79 Å². The van der Waals surface area contributed by atoms with E-state index < -0.39 is 5.79 Å². The van der Waals surface area contributed by atoms with Crippen LogP contribution in [-0.4, -0.2) is 32.3 Å². The topological polar surface area (TPSA) is 48.0 Å². The molecule has 2 aliphatic heterocycles. The summed E-state index contributed by atoms with van der Waals surface area (Å²) in [6, 6.07) is 21.8. The Morgan fingerprint density at radius 2 is 1.67 bits per heavy atom. The largest absolute Gasteiger partial charge is 0.492 e. The molecule has 136 valence electrons. The lowest BCUT2D eigenvalue weighted by Crippen LogP contribution is -2.42. The van der Waals surface area contributed by atoms with E-state index in [0.717, 1.165) is 22.4 Å². The highest BCUT2D eigenvalue weighted by molar-refractivity contribution is 6.06. The van der Waals surface area contributed by atoms with E-state index in [2.05, 4.69) is 12.1 Å². The van der Waals surface area contributed by atoms with Crippen LogP contribution in [0.5, 0.6) is 5.75 Å². The van der Waals surface area contributed by atoms with Crippen LogP contribution in [0.25, 0.3) is 10.8 Å². The number of para-hydroxylation sites is 1. The van der Waals surface area contributed by atoms with E-state index in [0.29, 0.717) is 26.4 Å². The van der Waals surface area contributed by atoms with Crippen molar-refractivity contribution in [1.29, 1.82) is 0 Å². The molecular formula is C22H19NO4. The third kappa shape index (κ3) is 2.59. The number of anilines is 1. The van der Waals surface area contributed by atoms with Crippen LogP contribution in [0.4, 0.5) is 5.69 Å². The number of fused-ring (bicyclic) bond motifs is 3. The van der Waals surface area contributed by atoms with Crippen molar-refractivity contribution in [2.24, 2.45) is 0 Å². The van der Waals surface area contributed by atoms with E-state index in [-0.39, 0.29) is 5.91 Å². The minimum atomic E-state index is -1.28. The minimum Gasteiger partial charge on any atom is -0.492 e. The van der Waals surface area contributed by atoms with Crippen LogP contribution in [0.1, 0.15) is 5.56 Å². The number of hydrogen-bond donors (Lipinski definition) is 0. The predicted octanol–water partition coefficient (Wildman–Crippen LogP) is 3.47. The minimum absolute atomic E-state index is 0.177. The lowest BCUT2D eigenvalue weighted by Gasteiger charge is -2.22. The summed E-state index contributed by atoms with van der Waals surface area (Å²) in [6.45, 7) is 1.65. The van der Waals surface area contributed by atoms with Crippen molar-refractivity contribution in [3.63, 3.8) is 0 Å². The molecule has 1 fully saturated rings. The molecule has 0 bridgehead atoms. The molecule has 0 aromatic heterocycles. The van der Waals surface area contributed by atoms with Gasteiger partial charge >= 0.3 is 0 Å². The zero-order chi connectivity index (χ0) is 18.3. The van der Waals surface area contributed by atoms with Crippen molar-refractivity contribution in [2.75, 3.05) is 31.3 Å². The maximum absolute atomic E-state index is 13.0. The Kier molecular flexibility index (Phi) is 3.85. The molecule has 5 heteroatoms. The third-order valence-corrected chi connectivity index (χ3v) is 5.07. The lowest BCUT2D eigenvalue weighted by atomic mass is 10.1. The molecule has 2 heterocycles. The highest BCUT2D eigenvalue weighted by Crippen LogP contribution is 2.45. The molecule has 0 radical (unpaired) electrons. The Morgan fingerprint density at radius 3 is 2.52 bits per heavy atom. The van der Waals surface area contributed by atoms with Crippen LogP contribution >= 0.6 is 0 Å². The molecule has 5 rings (SSSR count). The number of hydrogen-bond acceptors (Lipinski definition) is 4. The van der Waals surface area contributed by atoms with Gasteiger partial charge in [-0.2, -0.15) is 0 Å². The number of carbonyl (C=O) groups excluding carboxylic acids is 1. The molecule has 2 aliphatic rings. The van der Waals surface area contributed by atoms with Gasteiger partial charge in [0.25, 0.3) is 11.7 Å². The molecule has 1 amide bonds. The van der Waals surface area contributed by atoms with Gasteiger partial charge in [-0.15, -0.1) is 0 Å². The SMILES string of the molecule is O=C1N(CCOc2ccc3ccccc3c2)c2ccccc2C12OCCO2. The van der Waals surface area contributed by atoms with Gasteiger partial charge in [-0.05, 0) is 29.0 Å². The van der Waals surface area contributed by atoms with E-state index >= 15 is 0 Å². The summed E-state index contributed by atoms with van der Waals surface area (Å²) in [6.07, 6.45) is 0. The summed E-state index contributed by atoms with van der Waals surface area (Å²) in [7, 11) is 0. The van der Waals surface area contributed by atoms with Crippen LogP contribution in [-0.2, 0) is 20.1 Å². The average Bonchev–Trinajstić information content (AvgIpc) is 3.29. The summed E-state index contributed by atoms with van der Waals surface area (Å²) >= 11 is 0. The average molecular weight is 361 g/mol. The molecule has 1 saturated heterocycles. The van der Waals surface area contributed by atoms with Crippen molar-refractivity contribution in [3.8, 4) is 5.75 Å². The summed E-state index contributed by atoms with van der Waals surface area (Å²) in [4.78, 5) is 14.7. The molecule has 0 aliphatic carbocycles. The Hall–Kier alpha value is -2.89. The lowest BCUT2D eigenvalue weighted by molar-refractivity contribution is -0.180. The molecule has 0 unspecified atom stereocenters. The second-order valence-electron chi connectivity index (χ2n) is 6.64. The van der Waals surface area contributed by atoms with Gasteiger partial charge in [0.05, 0.1) is 25.4 Å². The zero-order valence-electron chi connectivity index (χ0n) is 14.8. The molecule has 0 N–H and O–H groups in total. The maximum Gasteiger partial charge on any atom is 0.292 e. The molecule has 0 atom stereocenters. The van der Waals surface area contributed by atoms with Gasteiger partial charge in [0.15, 0.2) is 0 Å². The summed E-state index contributed by atoms with van der Waals surface area (Å²) in [5.41, 5.74) is 1.60. The summed E-state index contributed by atoms with van der Waals surface area (Å²) < 4.78 is 17.4. The molecule has 27 heavy (non-hydrogen) atoms. The molecule has 5 nitrogen and oxygen atoms in total. The number of benzene rings is 3. The molecule has 3 aromatic rings.